The minimum absolute atomic E-state index is 0.153. The van der Waals surface area contributed by atoms with Crippen LogP contribution in [0.2, 0.25) is 0 Å². The average molecular weight is 450 g/mol. The molecule has 0 aliphatic heterocycles. The molecule has 1 aliphatic rings. The number of halogens is 2. The van der Waals surface area contributed by atoms with Gasteiger partial charge in [-0.3, -0.25) is 0 Å². The van der Waals surface area contributed by atoms with E-state index in [9.17, 15) is 9.18 Å². The molecule has 1 atom stereocenters. The van der Waals surface area contributed by atoms with Crippen LogP contribution in [0.1, 0.15) is 43.9 Å². The molecule has 1 aliphatic carbocycles. The van der Waals surface area contributed by atoms with Gasteiger partial charge in [-0.25, -0.2) is 9.18 Å². The molecule has 0 fully saturated rings. The first-order valence-electron chi connectivity index (χ1n) is 9.39. The summed E-state index contributed by atoms with van der Waals surface area (Å²) in [6.07, 6.45) is 1.36. The second kappa shape index (κ2) is 8.52. The number of amides is 1. The lowest BCUT2D eigenvalue weighted by atomic mass is 9.87. The number of nitrogens with one attached hydrogen (secondary N) is 1. The molecule has 0 radical (unpaired) electrons. The summed E-state index contributed by atoms with van der Waals surface area (Å²) in [7, 11) is 0. The highest BCUT2D eigenvalue weighted by molar-refractivity contribution is 9.10. The van der Waals surface area contributed by atoms with Crippen LogP contribution < -0.4 is 10.1 Å². The molecule has 0 bridgehead atoms. The van der Waals surface area contributed by atoms with Crippen molar-refractivity contribution in [3.63, 3.8) is 0 Å². The van der Waals surface area contributed by atoms with Crippen molar-refractivity contribution in [2.75, 3.05) is 0 Å². The molecule has 3 rings (SSSR count). The van der Waals surface area contributed by atoms with Gasteiger partial charge in [-0.2, -0.15) is 0 Å². The lowest BCUT2D eigenvalue weighted by molar-refractivity contribution is 0.0500. The van der Waals surface area contributed by atoms with Crippen LogP contribution in [0.5, 0.6) is 5.75 Å². The van der Waals surface area contributed by atoms with E-state index in [0.717, 1.165) is 17.5 Å². The second-order valence-corrected chi connectivity index (χ2v) is 8.79. The fourth-order valence-electron chi connectivity index (χ4n) is 3.25. The summed E-state index contributed by atoms with van der Waals surface area (Å²) in [6, 6.07) is 11.5. The first-order chi connectivity index (χ1) is 13.2. The molecule has 28 heavy (non-hydrogen) atoms. The Bertz CT molecular complexity index is 849. The van der Waals surface area contributed by atoms with E-state index < -0.39 is 11.7 Å². The number of aryl methyl sites for hydroxylation is 1. The van der Waals surface area contributed by atoms with E-state index in [1.165, 1.54) is 0 Å². The number of carbonyl (C=O) groups excluding carboxylic acids is 1. The van der Waals surface area contributed by atoms with Crippen molar-refractivity contribution in [2.24, 2.45) is 0 Å². The first-order valence-corrected chi connectivity index (χ1v) is 10.2. The molecule has 1 amide bonds. The minimum Gasteiger partial charge on any atom is -0.488 e. The van der Waals surface area contributed by atoms with Crippen molar-refractivity contribution in [3.05, 3.63) is 63.4 Å². The fourth-order valence-corrected chi connectivity index (χ4v) is 3.72. The third-order valence-electron chi connectivity index (χ3n) is 4.54. The van der Waals surface area contributed by atoms with Crippen LogP contribution >= 0.6 is 15.9 Å². The van der Waals surface area contributed by atoms with Gasteiger partial charge in [0.15, 0.2) is 0 Å². The van der Waals surface area contributed by atoms with E-state index in [0.29, 0.717) is 35.2 Å². The summed E-state index contributed by atoms with van der Waals surface area (Å²) in [6.45, 7) is 5.82. The Balaban J connectivity index is 1.70. The fraction of sp³-hybridized carbons (Fsp3) is 0.409. The Kier molecular flexibility index (Phi) is 6.28. The molecule has 2 aromatic carbocycles. The average Bonchev–Trinajstić information content (AvgIpc) is 2.63. The first kappa shape index (κ1) is 20.6. The quantitative estimate of drug-likeness (QED) is 0.665. The van der Waals surface area contributed by atoms with E-state index in [2.05, 4.69) is 21.2 Å². The summed E-state index contributed by atoms with van der Waals surface area (Å²) in [5, 5.41) is 2.85. The third-order valence-corrected chi connectivity index (χ3v) is 5.28. The van der Waals surface area contributed by atoms with Crippen LogP contribution in [0.4, 0.5) is 9.18 Å². The van der Waals surface area contributed by atoms with Gasteiger partial charge < -0.3 is 14.8 Å². The molecule has 6 heteroatoms. The summed E-state index contributed by atoms with van der Waals surface area (Å²) in [5.74, 6) is 0.176. The number of ether oxygens (including phenoxy) is 2. The SMILES string of the molecule is CC(C)(C)OC(=O)N[C@@H]1CCc2cc(OCc3ccccc3)c(Br)c(F)c2C1. The molecule has 1 N–H and O–H groups in total. The topological polar surface area (TPSA) is 47.6 Å². The standard InChI is InChI=1S/C22H25BrFNO3/c1-22(2,3)28-21(26)25-16-10-9-15-11-18(19(23)20(24)17(15)12-16)27-13-14-7-5-4-6-8-14/h4-8,11,16H,9-10,12-13H2,1-3H3,(H,25,26)/t16-/m1/s1. The maximum absolute atomic E-state index is 15.0. The largest absolute Gasteiger partial charge is 0.488 e. The summed E-state index contributed by atoms with van der Waals surface area (Å²) >= 11 is 3.33. The highest BCUT2D eigenvalue weighted by Crippen LogP contribution is 2.36. The van der Waals surface area contributed by atoms with Gasteiger partial charge in [0.25, 0.3) is 0 Å². The van der Waals surface area contributed by atoms with E-state index in [1.54, 1.807) is 0 Å². The zero-order valence-electron chi connectivity index (χ0n) is 16.4. The maximum atomic E-state index is 15.0. The normalized spacial score (nSPS) is 16.2. The zero-order chi connectivity index (χ0) is 20.3. The Morgan fingerprint density at radius 1 is 1.29 bits per heavy atom. The molecule has 4 nitrogen and oxygen atoms in total. The van der Waals surface area contributed by atoms with Crippen molar-refractivity contribution in [2.45, 2.75) is 58.3 Å². The summed E-state index contributed by atoms with van der Waals surface area (Å²) in [4.78, 5) is 12.0. The molecule has 0 unspecified atom stereocenters. The number of fused-ring (bicyclic) bond motifs is 1. The van der Waals surface area contributed by atoms with Gasteiger partial charge in [0, 0.05) is 6.04 Å². The van der Waals surface area contributed by atoms with Gasteiger partial charge in [0.2, 0.25) is 0 Å². The molecule has 2 aromatic rings. The minimum atomic E-state index is -0.560. The van der Waals surface area contributed by atoms with Crippen molar-refractivity contribution >= 4 is 22.0 Å². The van der Waals surface area contributed by atoms with Gasteiger partial charge in [-0.15, -0.1) is 0 Å². The molecule has 0 heterocycles. The van der Waals surface area contributed by atoms with Gasteiger partial charge in [0.05, 0.1) is 4.47 Å². The van der Waals surface area contributed by atoms with Gasteiger partial charge in [-0.1, -0.05) is 30.3 Å². The predicted molar refractivity (Wildman–Crippen MR) is 110 cm³/mol. The van der Waals surface area contributed by atoms with Gasteiger partial charge >= 0.3 is 6.09 Å². The Morgan fingerprint density at radius 3 is 2.68 bits per heavy atom. The monoisotopic (exact) mass is 449 g/mol. The lowest BCUT2D eigenvalue weighted by Gasteiger charge is -2.28. The molecule has 0 aromatic heterocycles. The van der Waals surface area contributed by atoms with E-state index in [-0.39, 0.29) is 11.9 Å². The number of benzene rings is 2. The number of alkyl carbamates (subject to hydrolysis) is 1. The molecule has 0 saturated heterocycles. The van der Waals surface area contributed by atoms with Crippen LogP contribution in [-0.2, 0) is 24.2 Å². The smallest absolute Gasteiger partial charge is 0.407 e. The Morgan fingerprint density at radius 2 is 2.00 bits per heavy atom. The molecule has 0 spiro atoms. The van der Waals surface area contributed by atoms with Crippen LogP contribution in [0, 0.1) is 5.82 Å². The van der Waals surface area contributed by atoms with Crippen LogP contribution in [-0.4, -0.2) is 17.7 Å². The van der Waals surface area contributed by atoms with Crippen LogP contribution in [0.25, 0.3) is 0 Å². The van der Waals surface area contributed by atoms with Gasteiger partial charge in [-0.05, 0) is 78.7 Å². The highest BCUT2D eigenvalue weighted by Gasteiger charge is 2.27. The number of carbonyl (C=O) groups is 1. The molecular formula is C22H25BrFNO3. The second-order valence-electron chi connectivity index (χ2n) is 8.00. The number of hydrogen-bond donors (Lipinski definition) is 1. The summed E-state index contributed by atoms with van der Waals surface area (Å²) in [5.41, 5.74) is 2.00. The van der Waals surface area contributed by atoms with Crippen molar-refractivity contribution in [1.29, 1.82) is 0 Å². The van der Waals surface area contributed by atoms with E-state index in [1.807, 2.05) is 57.2 Å². The predicted octanol–water partition coefficient (Wildman–Crippen LogP) is 5.55. The van der Waals surface area contributed by atoms with Crippen molar-refractivity contribution in [3.8, 4) is 5.75 Å². The van der Waals surface area contributed by atoms with Crippen molar-refractivity contribution in [1.82, 2.24) is 5.32 Å². The molecular weight excluding hydrogens is 425 g/mol. The number of hydrogen-bond acceptors (Lipinski definition) is 3. The van der Waals surface area contributed by atoms with Crippen molar-refractivity contribution < 1.29 is 18.7 Å². The Hall–Kier alpha value is -2.08. The molecule has 150 valence electrons. The van der Waals surface area contributed by atoms with Crippen LogP contribution in [0.3, 0.4) is 0 Å². The van der Waals surface area contributed by atoms with E-state index in [4.69, 9.17) is 9.47 Å². The Labute approximate surface area is 173 Å². The highest BCUT2D eigenvalue weighted by atomic mass is 79.9. The maximum Gasteiger partial charge on any atom is 0.407 e. The van der Waals surface area contributed by atoms with E-state index >= 15 is 0 Å². The number of rotatable bonds is 4. The third kappa shape index (κ3) is 5.25. The van der Waals surface area contributed by atoms with Crippen LogP contribution in [0.15, 0.2) is 40.9 Å². The summed E-state index contributed by atoms with van der Waals surface area (Å²) < 4.78 is 26.4. The van der Waals surface area contributed by atoms with Gasteiger partial charge in [0.1, 0.15) is 23.8 Å². The zero-order valence-corrected chi connectivity index (χ0v) is 17.9. The lowest BCUT2D eigenvalue weighted by Crippen LogP contribution is -2.42. The molecule has 0 saturated carbocycles.